The topological polar surface area (TPSA) is 64.9 Å². The molecule has 0 aliphatic rings. The Morgan fingerprint density at radius 2 is 2.20 bits per heavy atom. The Balaban J connectivity index is 3.06. The van der Waals surface area contributed by atoms with Crippen LogP contribution in [0, 0.1) is 5.95 Å². The monoisotopic (exact) mass is 141 g/mol. The third kappa shape index (κ3) is 1.41. The van der Waals surface area contributed by atoms with Gasteiger partial charge >= 0.3 is 0 Å². The van der Waals surface area contributed by atoms with Gasteiger partial charge in [0.25, 0.3) is 0 Å². The van der Waals surface area contributed by atoms with E-state index in [0.29, 0.717) is 5.56 Å². The van der Waals surface area contributed by atoms with E-state index in [1.165, 1.54) is 6.07 Å². The zero-order chi connectivity index (χ0) is 7.56. The summed E-state index contributed by atoms with van der Waals surface area (Å²) in [6.07, 6.45) is 0. The minimum Gasteiger partial charge on any atom is -0.384 e. The zero-order valence-electron chi connectivity index (χ0n) is 5.34. The summed E-state index contributed by atoms with van der Waals surface area (Å²) in [6, 6.07) is 2.80. The normalized spacial score (nSPS) is 9.80. The maximum atomic E-state index is 12.4. The van der Waals surface area contributed by atoms with Crippen LogP contribution in [0.2, 0.25) is 0 Å². The van der Waals surface area contributed by atoms with Crippen LogP contribution in [0.25, 0.3) is 0 Å². The molecule has 0 spiro atoms. The number of hydrogen-bond donors (Lipinski definition) is 2. The van der Waals surface area contributed by atoms with Crippen LogP contribution in [0.5, 0.6) is 0 Å². The Labute approximate surface area is 57.9 Å². The quantitative estimate of drug-likeness (QED) is 0.551. The van der Waals surface area contributed by atoms with Crippen molar-refractivity contribution in [3.8, 4) is 0 Å². The first kappa shape index (κ1) is 6.95. The van der Waals surface area contributed by atoms with Crippen molar-refractivity contribution in [3.63, 3.8) is 0 Å². The Morgan fingerprint density at radius 3 is 2.70 bits per heavy atom. The van der Waals surface area contributed by atoms with Crippen molar-refractivity contribution in [3.05, 3.63) is 23.6 Å². The first-order valence-corrected chi connectivity index (χ1v) is 2.84. The minimum atomic E-state index is -0.583. The van der Waals surface area contributed by atoms with Crippen LogP contribution in [0.3, 0.4) is 0 Å². The molecule has 0 unspecified atom stereocenters. The Kier molecular flexibility index (Phi) is 1.82. The molecule has 0 aromatic carbocycles. The van der Waals surface area contributed by atoms with Gasteiger partial charge in [-0.3, -0.25) is 0 Å². The van der Waals surface area contributed by atoms with Crippen molar-refractivity contribution >= 4 is 5.82 Å². The van der Waals surface area contributed by atoms with Crippen molar-refractivity contribution < 1.29 is 4.39 Å². The predicted octanol–water partition coefficient (Wildman–Crippen LogP) is 0.262. The highest BCUT2D eigenvalue weighted by atomic mass is 19.1. The van der Waals surface area contributed by atoms with Crippen LogP contribution >= 0.6 is 0 Å². The molecule has 54 valence electrons. The molecule has 1 aromatic rings. The summed E-state index contributed by atoms with van der Waals surface area (Å²) in [5, 5.41) is 0. The van der Waals surface area contributed by atoms with E-state index < -0.39 is 5.95 Å². The van der Waals surface area contributed by atoms with Gasteiger partial charge in [-0.1, -0.05) is 0 Å². The van der Waals surface area contributed by atoms with Crippen LogP contribution in [-0.4, -0.2) is 4.98 Å². The molecule has 0 atom stereocenters. The third-order valence-corrected chi connectivity index (χ3v) is 1.11. The van der Waals surface area contributed by atoms with Crippen molar-refractivity contribution in [2.24, 2.45) is 5.73 Å². The molecule has 0 saturated heterocycles. The van der Waals surface area contributed by atoms with E-state index in [-0.39, 0.29) is 12.4 Å². The van der Waals surface area contributed by atoms with Gasteiger partial charge in [-0.05, 0) is 17.7 Å². The molecule has 4 heteroatoms. The summed E-state index contributed by atoms with van der Waals surface area (Å²) in [4.78, 5) is 3.34. The summed E-state index contributed by atoms with van der Waals surface area (Å²) in [7, 11) is 0. The van der Waals surface area contributed by atoms with E-state index in [1.807, 2.05) is 0 Å². The number of halogens is 1. The maximum absolute atomic E-state index is 12.4. The second-order valence-corrected chi connectivity index (χ2v) is 1.93. The largest absolute Gasteiger partial charge is 0.384 e. The van der Waals surface area contributed by atoms with Crippen molar-refractivity contribution in [2.45, 2.75) is 6.54 Å². The number of nitrogens with two attached hydrogens (primary N) is 2. The molecule has 0 radical (unpaired) electrons. The highest BCUT2D eigenvalue weighted by Crippen LogP contribution is 2.04. The van der Waals surface area contributed by atoms with Crippen LogP contribution in [-0.2, 0) is 6.54 Å². The number of hydrogen-bond acceptors (Lipinski definition) is 3. The summed E-state index contributed by atoms with van der Waals surface area (Å²) in [5.41, 5.74) is 11.1. The number of anilines is 1. The van der Waals surface area contributed by atoms with Gasteiger partial charge in [-0.15, -0.1) is 0 Å². The van der Waals surface area contributed by atoms with Crippen molar-refractivity contribution in [2.75, 3.05) is 5.73 Å². The van der Waals surface area contributed by atoms with E-state index in [0.717, 1.165) is 0 Å². The van der Waals surface area contributed by atoms with E-state index in [9.17, 15) is 4.39 Å². The van der Waals surface area contributed by atoms with Gasteiger partial charge in [-0.25, -0.2) is 4.98 Å². The summed E-state index contributed by atoms with van der Waals surface area (Å²) >= 11 is 0. The second-order valence-electron chi connectivity index (χ2n) is 1.93. The van der Waals surface area contributed by atoms with E-state index in [1.54, 1.807) is 6.07 Å². The third-order valence-electron chi connectivity index (χ3n) is 1.11. The van der Waals surface area contributed by atoms with Crippen molar-refractivity contribution in [1.82, 2.24) is 4.98 Å². The fraction of sp³-hybridized carbons (Fsp3) is 0.167. The molecule has 0 saturated carbocycles. The fourth-order valence-electron chi connectivity index (χ4n) is 0.690. The molecule has 0 fully saturated rings. The molecule has 1 rings (SSSR count). The number of aromatic nitrogens is 1. The van der Waals surface area contributed by atoms with Gasteiger partial charge in [0.2, 0.25) is 5.95 Å². The minimum absolute atomic E-state index is 0.167. The summed E-state index contributed by atoms with van der Waals surface area (Å²) in [6.45, 7) is 0.281. The average molecular weight is 141 g/mol. The van der Waals surface area contributed by atoms with Gasteiger partial charge in [0.05, 0.1) is 0 Å². The molecule has 0 aliphatic carbocycles. The van der Waals surface area contributed by atoms with Gasteiger partial charge in [0, 0.05) is 6.54 Å². The average Bonchev–Trinajstić information content (AvgIpc) is 1.85. The lowest BCUT2D eigenvalue weighted by atomic mass is 10.2. The fourth-order valence-corrected chi connectivity index (χ4v) is 0.690. The van der Waals surface area contributed by atoms with Crippen LogP contribution in [0.15, 0.2) is 12.1 Å². The Hall–Kier alpha value is -1.16. The Bertz CT molecular complexity index is 216. The predicted molar refractivity (Wildman–Crippen MR) is 36.5 cm³/mol. The van der Waals surface area contributed by atoms with Crippen LogP contribution in [0.4, 0.5) is 10.2 Å². The van der Waals surface area contributed by atoms with E-state index in [2.05, 4.69) is 4.98 Å². The molecule has 1 aromatic heterocycles. The highest BCUT2D eigenvalue weighted by molar-refractivity contribution is 5.32. The molecule has 3 nitrogen and oxygen atoms in total. The number of pyridine rings is 1. The van der Waals surface area contributed by atoms with Gasteiger partial charge < -0.3 is 11.5 Å². The zero-order valence-corrected chi connectivity index (χ0v) is 5.34. The van der Waals surface area contributed by atoms with Crippen LogP contribution in [0.1, 0.15) is 5.56 Å². The molecule has 0 amide bonds. The van der Waals surface area contributed by atoms with Crippen LogP contribution < -0.4 is 11.5 Å². The lowest BCUT2D eigenvalue weighted by Gasteiger charge is -1.96. The lowest BCUT2D eigenvalue weighted by Crippen LogP contribution is -2.00. The molecular formula is C6H8FN3. The summed E-state index contributed by atoms with van der Waals surface area (Å²) in [5.74, 6) is -0.416. The molecule has 0 bridgehead atoms. The highest BCUT2D eigenvalue weighted by Gasteiger charge is 1.96. The summed E-state index contributed by atoms with van der Waals surface area (Å²) < 4.78 is 12.4. The maximum Gasteiger partial charge on any atom is 0.215 e. The first-order chi connectivity index (χ1) is 4.72. The van der Waals surface area contributed by atoms with Gasteiger partial charge in [0.1, 0.15) is 5.82 Å². The number of nitrogen functional groups attached to an aromatic ring is 1. The van der Waals surface area contributed by atoms with Gasteiger partial charge in [0.15, 0.2) is 0 Å². The van der Waals surface area contributed by atoms with E-state index in [4.69, 9.17) is 11.5 Å². The molecule has 1 heterocycles. The molecule has 0 aliphatic heterocycles. The SMILES string of the molecule is NCc1cc(N)nc(F)c1. The standard InChI is InChI=1S/C6H8FN3/c7-5-1-4(3-8)2-6(9)10-5/h1-2H,3,8H2,(H2,9,10). The first-order valence-electron chi connectivity index (χ1n) is 2.84. The second kappa shape index (κ2) is 2.62. The Morgan fingerprint density at radius 1 is 1.50 bits per heavy atom. The smallest absolute Gasteiger partial charge is 0.215 e. The van der Waals surface area contributed by atoms with Crippen molar-refractivity contribution in [1.29, 1.82) is 0 Å². The molecule has 4 N–H and O–H groups in total. The lowest BCUT2D eigenvalue weighted by molar-refractivity contribution is 0.583. The number of nitrogens with zero attached hydrogens (tertiary/aromatic N) is 1. The molecule has 10 heavy (non-hydrogen) atoms. The van der Waals surface area contributed by atoms with E-state index >= 15 is 0 Å². The van der Waals surface area contributed by atoms with Gasteiger partial charge in [-0.2, -0.15) is 4.39 Å². The molecular weight excluding hydrogens is 133 g/mol. The number of rotatable bonds is 1.